The summed E-state index contributed by atoms with van der Waals surface area (Å²) in [6, 6.07) is 4.80. The van der Waals surface area contributed by atoms with Gasteiger partial charge < -0.3 is 15.3 Å². The first-order valence-corrected chi connectivity index (χ1v) is 5.56. The standard InChI is InChI=1S/C14H16O3/c1-7-6-10(9(3)15)8(2)14-12(17)5-4-11(16)13(7)14/h4-6,9,15-17H,1-3H3. The maximum absolute atomic E-state index is 9.91. The lowest BCUT2D eigenvalue weighted by Crippen LogP contribution is -1.98. The highest BCUT2D eigenvalue weighted by atomic mass is 16.3. The Bertz CT molecular complexity index is 586. The number of hydrogen-bond acceptors (Lipinski definition) is 3. The molecule has 0 fully saturated rings. The fourth-order valence-electron chi connectivity index (χ4n) is 2.35. The molecule has 0 aliphatic heterocycles. The number of aliphatic hydroxyl groups excluding tert-OH is 1. The maximum Gasteiger partial charge on any atom is 0.123 e. The molecule has 1 unspecified atom stereocenters. The summed E-state index contributed by atoms with van der Waals surface area (Å²) in [7, 11) is 0. The number of rotatable bonds is 1. The Hall–Kier alpha value is -1.74. The average Bonchev–Trinajstić information content (AvgIpc) is 2.26. The number of aromatic hydroxyl groups is 2. The van der Waals surface area contributed by atoms with E-state index >= 15 is 0 Å². The summed E-state index contributed by atoms with van der Waals surface area (Å²) in [6.45, 7) is 5.38. The van der Waals surface area contributed by atoms with Crippen LogP contribution < -0.4 is 0 Å². The Morgan fingerprint density at radius 1 is 1.00 bits per heavy atom. The highest BCUT2D eigenvalue weighted by Crippen LogP contribution is 2.39. The van der Waals surface area contributed by atoms with Crippen LogP contribution in [0.5, 0.6) is 11.5 Å². The van der Waals surface area contributed by atoms with E-state index < -0.39 is 6.10 Å². The van der Waals surface area contributed by atoms with Gasteiger partial charge in [-0.3, -0.25) is 0 Å². The second-order valence-corrected chi connectivity index (χ2v) is 4.44. The van der Waals surface area contributed by atoms with Crippen molar-refractivity contribution in [3.63, 3.8) is 0 Å². The van der Waals surface area contributed by atoms with Gasteiger partial charge in [-0.1, -0.05) is 6.07 Å². The van der Waals surface area contributed by atoms with Gasteiger partial charge in [-0.05, 0) is 49.6 Å². The minimum absolute atomic E-state index is 0.126. The normalized spacial score (nSPS) is 12.9. The highest BCUT2D eigenvalue weighted by molar-refractivity contribution is 5.98. The summed E-state index contributed by atoms with van der Waals surface area (Å²) < 4.78 is 0. The zero-order valence-corrected chi connectivity index (χ0v) is 10.2. The predicted molar refractivity (Wildman–Crippen MR) is 67.4 cm³/mol. The minimum atomic E-state index is -0.597. The fourth-order valence-corrected chi connectivity index (χ4v) is 2.35. The summed E-state index contributed by atoms with van der Waals surface area (Å²) in [5.74, 6) is 0.274. The second-order valence-electron chi connectivity index (χ2n) is 4.44. The molecule has 17 heavy (non-hydrogen) atoms. The van der Waals surface area contributed by atoms with Crippen LogP contribution >= 0.6 is 0 Å². The zero-order valence-electron chi connectivity index (χ0n) is 10.2. The summed E-state index contributed by atoms with van der Waals surface area (Å²) in [6.07, 6.45) is -0.597. The van der Waals surface area contributed by atoms with E-state index in [2.05, 4.69) is 0 Å². The number of aryl methyl sites for hydroxylation is 2. The van der Waals surface area contributed by atoms with Crippen LogP contribution in [-0.4, -0.2) is 15.3 Å². The fraction of sp³-hybridized carbons (Fsp3) is 0.286. The summed E-state index contributed by atoms with van der Waals surface area (Å²) in [5.41, 5.74) is 2.42. The van der Waals surface area contributed by atoms with Crippen molar-refractivity contribution in [2.24, 2.45) is 0 Å². The van der Waals surface area contributed by atoms with Crippen LogP contribution in [-0.2, 0) is 0 Å². The van der Waals surface area contributed by atoms with Crippen molar-refractivity contribution in [3.05, 3.63) is 34.9 Å². The van der Waals surface area contributed by atoms with E-state index in [4.69, 9.17) is 0 Å². The van der Waals surface area contributed by atoms with Gasteiger partial charge in [-0.2, -0.15) is 0 Å². The molecule has 1 atom stereocenters. The van der Waals surface area contributed by atoms with Crippen molar-refractivity contribution < 1.29 is 15.3 Å². The van der Waals surface area contributed by atoms with E-state index in [1.807, 2.05) is 19.9 Å². The Kier molecular flexibility index (Phi) is 2.71. The van der Waals surface area contributed by atoms with Crippen LogP contribution in [0.25, 0.3) is 10.8 Å². The van der Waals surface area contributed by atoms with Crippen LogP contribution in [0.1, 0.15) is 29.7 Å². The molecular formula is C14H16O3. The molecule has 0 radical (unpaired) electrons. The third kappa shape index (κ3) is 1.72. The lowest BCUT2D eigenvalue weighted by molar-refractivity contribution is 0.198. The Labute approximate surface area is 100.0 Å². The van der Waals surface area contributed by atoms with Gasteiger partial charge in [-0.15, -0.1) is 0 Å². The van der Waals surface area contributed by atoms with Crippen LogP contribution in [0.2, 0.25) is 0 Å². The summed E-state index contributed by atoms with van der Waals surface area (Å²) in [5, 5.41) is 30.7. The number of fused-ring (bicyclic) bond motifs is 1. The molecule has 90 valence electrons. The molecule has 0 aliphatic carbocycles. The average molecular weight is 232 g/mol. The Morgan fingerprint density at radius 2 is 1.53 bits per heavy atom. The topological polar surface area (TPSA) is 60.7 Å². The third-order valence-corrected chi connectivity index (χ3v) is 3.19. The van der Waals surface area contributed by atoms with Crippen LogP contribution in [0, 0.1) is 13.8 Å². The lowest BCUT2D eigenvalue weighted by atomic mass is 9.92. The van der Waals surface area contributed by atoms with E-state index in [0.717, 1.165) is 16.7 Å². The largest absolute Gasteiger partial charge is 0.507 e. The molecule has 2 rings (SSSR count). The molecule has 0 bridgehead atoms. The number of hydrogen-bond donors (Lipinski definition) is 3. The molecule has 0 saturated heterocycles. The molecule has 2 aromatic rings. The Balaban J connectivity index is 2.98. The molecule has 3 nitrogen and oxygen atoms in total. The first-order valence-electron chi connectivity index (χ1n) is 5.56. The second kappa shape index (κ2) is 3.93. The van der Waals surface area contributed by atoms with Gasteiger partial charge in [-0.25, -0.2) is 0 Å². The van der Waals surface area contributed by atoms with E-state index in [-0.39, 0.29) is 11.5 Å². The summed E-state index contributed by atoms with van der Waals surface area (Å²) in [4.78, 5) is 0. The van der Waals surface area contributed by atoms with E-state index in [0.29, 0.717) is 10.8 Å². The molecule has 3 N–H and O–H groups in total. The van der Waals surface area contributed by atoms with E-state index in [1.165, 1.54) is 12.1 Å². The zero-order chi connectivity index (χ0) is 12.7. The molecule has 0 heterocycles. The SMILES string of the molecule is Cc1cc(C(C)O)c(C)c2c(O)ccc(O)c12. The maximum atomic E-state index is 9.91. The van der Waals surface area contributed by atoms with E-state index in [1.54, 1.807) is 6.92 Å². The number of benzene rings is 2. The van der Waals surface area contributed by atoms with Gasteiger partial charge >= 0.3 is 0 Å². The quantitative estimate of drug-likeness (QED) is 0.662. The Morgan fingerprint density at radius 3 is 2.06 bits per heavy atom. The molecule has 0 spiro atoms. The van der Waals surface area contributed by atoms with Crippen molar-refractivity contribution in [2.45, 2.75) is 26.9 Å². The minimum Gasteiger partial charge on any atom is -0.507 e. The first kappa shape index (κ1) is 11.7. The molecule has 0 aromatic heterocycles. The lowest BCUT2D eigenvalue weighted by Gasteiger charge is -2.16. The van der Waals surface area contributed by atoms with E-state index in [9.17, 15) is 15.3 Å². The molecule has 0 aliphatic rings. The van der Waals surface area contributed by atoms with Crippen molar-refractivity contribution in [3.8, 4) is 11.5 Å². The number of phenolic OH excluding ortho intramolecular Hbond substituents is 2. The van der Waals surface area contributed by atoms with Gasteiger partial charge in [0.2, 0.25) is 0 Å². The predicted octanol–water partition coefficient (Wildman–Crippen LogP) is 2.92. The van der Waals surface area contributed by atoms with Crippen molar-refractivity contribution in [2.75, 3.05) is 0 Å². The first-order chi connectivity index (χ1) is 7.93. The van der Waals surface area contributed by atoms with Gasteiger partial charge in [0.05, 0.1) is 6.10 Å². The molecule has 3 heteroatoms. The number of aliphatic hydroxyl groups is 1. The molecule has 0 saturated carbocycles. The molecule has 0 amide bonds. The third-order valence-electron chi connectivity index (χ3n) is 3.19. The highest BCUT2D eigenvalue weighted by Gasteiger charge is 2.15. The summed E-state index contributed by atoms with van der Waals surface area (Å²) >= 11 is 0. The smallest absolute Gasteiger partial charge is 0.123 e. The van der Waals surface area contributed by atoms with Crippen LogP contribution in [0.15, 0.2) is 18.2 Å². The van der Waals surface area contributed by atoms with Crippen molar-refractivity contribution in [1.29, 1.82) is 0 Å². The molecular weight excluding hydrogens is 216 g/mol. The molecule has 2 aromatic carbocycles. The van der Waals surface area contributed by atoms with Gasteiger partial charge in [0.1, 0.15) is 11.5 Å². The van der Waals surface area contributed by atoms with Crippen molar-refractivity contribution >= 4 is 10.8 Å². The number of phenols is 2. The van der Waals surface area contributed by atoms with Crippen LogP contribution in [0.4, 0.5) is 0 Å². The monoisotopic (exact) mass is 232 g/mol. The van der Waals surface area contributed by atoms with Crippen LogP contribution in [0.3, 0.4) is 0 Å². The van der Waals surface area contributed by atoms with Gasteiger partial charge in [0, 0.05) is 10.8 Å². The van der Waals surface area contributed by atoms with Crippen molar-refractivity contribution in [1.82, 2.24) is 0 Å². The van der Waals surface area contributed by atoms with Gasteiger partial charge in [0.15, 0.2) is 0 Å². The van der Waals surface area contributed by atoms with Gasteiger partial charge in [0.25, 0.3) is 0 Å².